The Morgan fingerprint density at radius 1 is 1.25 bits per heavy atom. The van der Waals surface area contributed by atoms with Crippen LogP contribution in [0.15, 0.2) is 51.7 Å². The van der Waals surface area contributed by atoms with Crippen molar-refractivity contribution in [3.8, 4) is 11.6 Å². The first kappa shape index (κ1) is 25.4. The molecule has 0 spiro atoms. The molecule has 0 aliphatic carbocycles. The van der Waals surface area contributed by atoms with Crippen LogP contribution in [0.2, 0.25) is 0 Å². The van der Waals surface area contributed by atoms with Gasteiger partial charge in [0.1, 0.15) is 28.5 Å². The Morgan fingerprint density at radius 2 is 2.00 bits per heavy atom. The third-order valence-corrected chi connectivity index (χ3v) is 5.07. The number of benzene rings is 2. The number of carbonyl (C=O) groups is 1. The third-order valence-electron chi connectivity index (χ3n) is 4.39. The molecule has 0 aliphatic rings. The van der Waals surface area contributed by atoms with Crippen LogP contribution in [0.4, 0.5) is 8.78 Å². The number of nitrogens with two attached hydrogens (primary N) is 1. The first-order chi connectivity index (χ1) is 14.8. The molecular weight excluding hydrogens is 510 g/mol. The molecular formula is C21H20BrClF2N4O3. The van der Waals surface area contributed by atoms with E-state index in [1.807, 2.05) is 0 Å². The molecule has 0 saturated carbocycles. The van der Waals surface area contributed by atoms with Crippen LogP contribution in [0.25, 0.3) is 5.69 Å². The van der Waals surface area contributed by atoms with E-state index in [1.165, 1.54) is 10.6 Å². The summed E-state index contributed by atoms with van der Waals surface area (Å²) in [7, 11) is 0. The molecule has 11 heteroatoms. The third kappa shape index (κ3) is 5.90. The van der Waals surface area contributed by atoms with Gasteiger partial charge < -0.3 is 15.8 Å². The van der Waals surface area contributed by atoms with Gasteiger partial charge in [0, 0.05) is 18.2 Å². The van der Waals surface area contributed by atoms with Crippen molar-refractivity contribution >= 4 is 34.2 Å². The van der Waals surface area contributed by atoms with Crippen LogP contribution in [0.5, 0.6) is 5.88 Å². The Morgan fingerprint density at radius 3 is 2.69 bits per heavy atom. The van der Waals surface area contributed by atoms with Gasteiger partial charge in [-0.25, -0.2) is 8.78 Å². The van der Waals surface area contributed by atoms with Crippen molar-refractivity contribution in [1.29, 1.82) is 0 Å². The fourth-order valence-electron chi connectivity index (χ4n) is 2.85. The number of hydrogen-bond acceptors (Lipinski definition) is 5. The average Bonchev–Trinajstić information content (AvgIpc) is 2.75. The van der Waals surface area contributed by atoms with Gasteiger partial charge in [-0.3, -0.25) is 14.2 Å². The molecule has 1 aromatic heterocycles. The van der Waals surface area contributed by atoms with E-state index in [0.717, 1.165) is 17.7 Å². The van der Waals surface area contributed by atoms with E-state index in [2.05, 4.69) is 26.2 Å². The molecule has 7 nitrogen and oxygen atoms in total. The Bertz CT molecular complexity index is 1190. The smallest absolute Gasteiger partial charge is 0.276 e. The van der Waals surface area contributed by atoms with Gasteiger partial charge in [-0.15, -0.1) is 12.4 Å². The number of nitrogens with zero attached hydrogens (tertiary/aromatic N) is 2. The summed E-state index contributed by atoms with van der Waals surface area (Å²) < 4.78 is 33.8. The second-order valence-corrected chi connectivity index (χ2v) is 7.39. The summed E-state index contributed by atoms with van der Waals surface area (Å²) >= 11 is 3.20. The van der Waals surface area contributed by atoms with Crippen LogP contribution in [0, 0.1) is 18.6 Å². The SMILES string of the molecule is Cc1nc(OCc2ccc(F)cc2F)c(Br)c(=O)n1-c1cccc(CNC(=O)CN)c1.Cl. The molecule has 0 fully saturated rings. The molecule has 1 amide bonds. The molecule has 3 N–H and O–H groups in total. The molecule has 3 aromatic rings. The lowest BCUT2D eigenvalue weighted by atomic mass is 10.2. The average molecular weight is 530 g/mol. The van der Waals surface area contributed by atoms with Crippen LogP contribution in [-0.4, -0.2) is 22.0 Å². The van der Waals surface area contributed by atoms with E-state index < -0.39 is 17.2 Å². The summed E-state index contributed by atoms with van der Waals surface area (Å²) in [5.41, 5.74) is 6.31. The minimum Gasteiger partial charge on any atom is -0.472 e. The molecule has 0 atom stereocenters. The summed E-state index contributed by atoms with van der Waals surface area (Å²) in [6.07, 6.45) is 0. The summed E-state index contributed by atoms with van der Waals surface area (Å²) in [5.74, 6) is -1.40. The molecule has 0 bridgehead atoms. The summed E-state index contributed by atoms with van der Waals surface area (Å²) in [6.45, 7) is 1.55. The van der Waals surface area contributed by atoms with Crippen molar-refractivity contribution < 1.29 is 18.3 Å². The Balaban J connectivity index is 0.00000363. The monoisotopic (exact) mass is 528 g/mol. The van der Waals surface area contributed by atoms with Gasteiger partial charge in [-0.2, -0.15) is 4.98 Å². The number of amides is 1. The molecule has 170 valence electrons. The van der Waals surface area contributed by atoms with Crippen molar-refractivity contribution in [2.75, 3.05) is 6.54 Å². The van der Waals surface area contributed by atoms with E-state index in [4.69, 9.17) is 10.5 Å². The topological polar surface area (TPSA) is 99.2 Å². The van der Waals surface area contributed by atoms with Crippen LogP contribution < -0.4 is 21.3 Å². The lowest BCUT2D eigenvalue weighted by Gasteiger charge is -2.14. The molecule has 0 radical (unpaired) electrons. The Labute approximate surface area is 197 Å². The van der Waals surface area contributed by atoms with E-state index in [-0.39, 0.29) is 53.9 Å². The van der Waals surface area contributed by atoms with Gasteiger partial charge in [-0.05, 0) is 52.7 Å². The van der Waals surface area contributed by atoms with Crippen LogP contribution in [0.1, 0.15) is 17.0 Å². The van der Waals surface area contributed by atoms with E-state index >= 15 is 0 Å². The number of nitrogens with one attached hydrogen (secondary N) is 1. The lowest BCUT2D eigenvalue weighted by Crippen LogP contribution is -2.29. The zero-order valence-corrected chi connectivity index (χ0v) is 19.3. The predicted molar refractivity (Wildman–Crippen MR) is 121 cm³/mol. The second-order valence-electron chi connectivity index (χ2n) is 6.59. The quantitative estimate of drug-likeness (QED) is 0.490. The van der Waals surface area contributed by atoms with Gasteiger partial charge in [0.15, 0.2) is 0 Å². The number of hydrogen-bond donors (Lipinski definition) is 2. The first-order valence-electron chi connectivity index (χ1n) is 9.22. The van der Waals surface area contributed by atoms with Crippen molar-refractivity contribution in [2.45, 2.75) is 20.1 Å². The molecule has 2 aromatic carbocycles. The first-order valence-corrected chi connectivity index (χ1v) is 10.0. The summed E-state index contributed by atoms with van der Waals surface area (Å²) in [6, 6.07) is 10.2. The predicted octanol–water partition coefficient (Wildman–Crippen LogP) is 3.16. The lowest BCUT2D eigenvalue weighted by molar-refractivity contribution is -0.119. The summed E-state index contributed by atoms with van der Waals surface area (Å²) in [4.78, 5) is 28.6. The van der Waals surface area contributed by atoms with Crippen LogP contribution in [-0.2, 0) is 17.9 Å². The molecule has 0 unspecified atom stereocenters. The summed E-state index contributed by atoms with van der Waals surface area (Å²) in [5, 5.41) is 2.67. The highest BCUT2D eigenvalue weighted by molar-refractivity contribution is 9.10. The standard InChI is InChI=1S/C21H19BrF2N4O3.ClH/c1-12-27-20(31-11-14-5-6-15(23)8-17(14)24)19(22)21(30)28(12)16-4-2-3-13(7-16)10-26-18(29)9-25;/h2-8H,9-11,25H2,1H3,(H,26,29);1H. The van der Waals surface area contributed by atoms with Gasteiger partial charge in [0.05, 0.1) is 12.2 Å². The van der Waals surface area contributed by atoms with Crippen molar-refractivity contribution in [2.24, 2.45) is 5.73 Å². The Hall–Kier alpha value is -2.82. The van der Waals surface area contributed by atoms with E-state index in [9.17, 15) is 18.4 Å². The number of halogens is 4. The van der Waals surface area contributed by atoms with E-state index in [0.29, 0.717) is 11.5 Å². The van der Waals surface area contributed by atoms with Gasteiger partial charge in [-0.1, -0.05) is 12.1 Å². The maximum Gasteiger partial charge on any atom is 0.276 e. The minimum atomic E-state index is -0.750. The van der Waals surface area contributed by atoms with Crippen LogP contribution >= 0.6 is 28.3 Å². The molecule has 32 heavy (non-hydrogen) atoms. The van der Waals surface area contributed by atoms with Gasteiger partial charge in [0.2, 0.25) is 11.8 Å². The highest BCUT2D eigenvalue weighted by Gasteiger charge is 2.16. The van der Waals surface area contributed by atoms with Crippen molar-refractivity contribution in [3.05, 3.63) is 85.9 Å². The van der Waals surface area contributed by atoms with Crippen molar-refractivity contribution in [3.63, 3.8) is 0 Å². The number of carbonyl (C=O) groups excluding carboxylic acids is 1. The largest absolute Gasteiger partial charge is 0.472 e. The maximum absolute atomic E-state index is 13.8. The molecule has 1 heterocycles. The second kappa shape index (κ2) is 11.2. The fraction of sp³-hybridized carbons (Fsp3) is 0.190. The number of rotatable bonds is 7. The zero-order valence-electron chi connectivity index (χ0n) is 16.9. The number of aromatic nitrogens is 2. The maximum atomic E-state index is 13.8. The molecule has 3 rings (SSSR count). The highest BCUT2D eigenvalue weighted by atomic mass is 79.9. The minimum absolute atomic E-state index is 0. The Kier molecular flexibility index (Phi) is 8.88. The van der Waals surface area contributed by atoms with Crippen molar-refractivity contribution in [1.82, 2.24) is 14.9 Å². The zero-order chi connectivity index (χ0) is 22.5. The fourth-order valence-corrected chi connectivity index (χ4v) is 3.23. The number of ether oxygens (including phenoxy) is 1. The van der Waals surface area contributed by atoms with Gasteiger partial charge >= 0.3 is 0 Å². The normalized spacial score (nSPS) is 10.4. The molecule has 0 saturated heterocycles. The molecule has 0 aliphatic heterocycles. The van der Waals surface area contributed by atoms with E-state index in [1.54, 1.807) is 31.2 Å². The highest BCUT2D eigenvalue weighted by Crippen LogP contribution is 2.22. The number of aryl methyl sites for hydroxylation is 1. The van der Waals surface area contributed by atoms with Gasteiger partial charge in [0.25, 0.3) is 5.56 Å². The van der Waals surface area contributed by atoms with Crippen LogP contribution in [0.3, 0.4) is 0 Å².